The van der Waals surface area contributed by atoms with Crippen molar-refractivity contribution in [1.82, 2.24) is 0 Å². The van der Waals surface area contributed by atoms with E-state index in [0.717, 1.165) is 28.3 Å². The number of esters is 1. The summed E-state index contributed by atoms with van der Waals surface area (Å²) >= 11 is 0. The van der Waals surface area contributed by atoms with Gasteiger partial charge in [0.25, 0.3) is 0 Å². The van der Waals surface area contributed by atoms with E-state index in [1.807, 2.05) is 61.5 Å². The maximum absolute atomic E-state index is 12.9. The van der Waals surface area contributed by atoms with E-state index >= 15 is 0 Å². The molecule has 0 amide bonds. The molecule has 0 fully saturated rings. The molecule has 36 heavy (non-hydrogen) atoms. The Morgan fingerprint density at radius 2 is 1.78 bits per heavy atom. The highest BCUT2D eigenvalue weighted by Gasteiger charge is 2.32. The van der Waals surface area contributed by atoms with Crippen molar-refractivity contribution in [3.8, 4) is 23.3 Å². The summed E-state index contributed by atoms with van der Waals surface area (Å²) in [6, 6.07) is 28.3. The predicted octanol–water partition coefficient (Wildman–Crippen LogP) is 6.07. The predicted molar refractivity (Wildman–Crippen MR) is 137 cm³/mol. The lowest BCUT2D eigenvalue weighted by molar-refractivity contribution is 0.0730. The Kier molecular flexibility index (Phi) is 6.29. The normalized spacial score (nSPS) is 14.5. The molecule has 1 unspecified atom stereocenters. The van der Waals surface area contributed by atoms with Gasteiger partial charge in [0.2, 0.25) is 5.88 Å². The SMILES string of the molecule is CCCOc1ccccc1C(=O)Oc1ccc2c(c1)OC(N)=C(C#N)C2c1cccc2ccccc12. The highest BCUT2D eigenvalue weighted by atomic mass is 16.5. The second-order valence-corrected chi connectivity index (χ2v) is 8.43. The minimum atomic E-state index is -0.538. The van der Waals surface area contributed by atoms with Crippen LogP contribution in [0.15, 0.2) is 96.4 Å². The van der Waals surface area contributed by atoms with Crippen LogP contribution in [0.5, 0.6) is 17.2 Å². The maximum Gasteiger partial charge on any atom is 0.347 e. The molecule has 1 heterocycles. The third-order valence-electron chi connectivity index (χ3n) is 6.10. The number of ether oxygens (including phenoxy) is 3. The average molecular weight is 477 g/mol. The van der Waals surface area contributed by atoms with Crippen LogP contribution in [0, 0.1) is 11.3 Å². The number of para-hydroxylation sites is 1. The van der Waals surface area contributed by atoms with E-state index in [-0.39, 0.29) is 5.88 Å². The topological polar surface area (TPSA) is 94.6 Å². The van der Waals surface area contributed by atoms with Gasteiger partial charge in [0.1, 0.15) is 34.5 Å². The number of allylic oxidation sites excluding steroid dienone is 1. The Morgan fingerprint density at radius 1 is 1.00 bits per heavy atom. The average Bonchev–Trinajstić information content (AvgIpc) is 2.91. The Morgan fingerprint density at radius 3 is 2.61 bits per heavy atom. The molecule has 6 nitrogen and oxygen atoms in total. The van der Waals surface area contributed by atoms with Crippen LogP contribution in [0.2, 0.25) is 0 Å². The van der Waals surface area contributed by atoms with E-state index < -0.39 is 11.9 Å². The Labute approximate surface area is 209 Å². The van der Waals surface area contributed by atoms with E-state index in [1.165, 1.54) is 0 Å². The minimum absolute atomic E-state index is 0.0321. The first-order valence-electron chi connectivity index (χ1n) is 11.7. The number of carbonyl (C=O) groups is 1. The van der Waals surface area contributed by atoms with Gasteiger partial charge < -0.3 is 19.9 Å². The monoisotopic (exact) mass is 476 g/mol. The summed E-state index contributed by atoms with van der Waals surface area (Å²) in [5, 5.41) is 12.0. The standard InChI is InChI=1S/C30H24N2O4/c1-2-16-34-26-13-6-5-11-24(26)30(33)35-20-14-15-23-27(17-20)36-29(32)25(18-31)28(23)22-12-7-9-19-8-3-4-10-21(19)22/h3-15,17,28H,2,16,32H2,1H3. The number of nitrogens with zero attached hydrogens (tertiary/aromatic N) is 1. The maximum atomic E-state index is 12.9. The number of benzene rings is 4. The van der Waals surface area contributed by atoms with Gasteiger partial charge in [-0.05, 0) is 41.0 Å². The molecule has 1 aliphatic rings. The second-order valence-electron chi connectivity index (χ2n) is 8.43. The van der Waals surface area contributed by atoms with Gasteiger partial charge in [0, 0.05) is 11.6 Å². The summed E-state index contributed by atoms with van der Waals surface area (Å²) in [5.41, 5.74) is 8.59. The zero-order chi connectivity index (χ0) is 25.1. The van der Waals surface area contributed by atoms with Crippen molar-refractivity contribution in [2.24, 2.45) is 5.73 Å². The van der Waals surface area contributed by atoms with Crippen molar-refractivity contribution in [2.75, 3.05) is 6.61 Å². The van der Waals surface area contributed by atoms with E-state index in [0.29, 0.717) is 35.0 Å². The number of nitriles is 1. The number of fused-ring (bicyclic) bond motifs is 2. The summed E-state index contributed by atoms with van der Waals surface area (Å²) in [6.45, 7) is 2.50. The van der Waals surface area contributed by atoms with Crippen molar-refractivity contribution in [3.63, 3.8) is 0 Å². The van der Waals surface area contributed by atoms with Crippen molar-refractivity contribution >= 4 is 16.7 Å². The van der Waals surface area contributed by atoms with Gasteiger partial charge in [0.05, 0.1) is 12.5 Å². The highest BCUT2D eigenvalue weighted by molar-refractivity contribution is 5.94. The second kappa shape index (κ2) is 9.85. The smallest absolute Gasteiger partial charge is 0.347 e. The molecule has 0 aliphatic carbocycles. The molecule has 0 saturated carbocycles. The fourth-order valence-electron chi connectivity index (χ4n) is 4.46. The third-order valence-corrected chi connectivity index (χ3v) is 6.10. The Balaban J connectivity index is 1.51. The molecule has 4 aromatic carbocycles. The summed E-state index contributed by atoms with van der Waals surface area (Å²) in [4.78, 5) is 12.9. The molecule has 6 heteroatoms. The van der Waals surface area contributed by atoms with Crippen molar-refractivity contribution in [1.29, 1.82) is 5.26 Å². The van der Waals surface area contributed by atoms with E-state index in [1.54, 1.807) is 30.3 Å². The summed E-state index contributed by atoms with van der Waals surface area (Å²) < 4.78 is 17.2. The molecule has 0 saturated heterocycles. The molecular weight excluding hydrogens is 452 g/mol. The van der Waals surface area contributed by atoms with Crippen LogP contribution >= 0.6 is 0 Å². The summed E-state index contributed by atoms with van der Waals surface area (Å²) in [6.07, 6.45) is 0.822. The molecule has 1 aliphatic heterocycles. The molecule has 1 atom stereocenters. The summed E-state index contributed by atoms with van der Waals surface area (Å²) in [7, 11) is 0. The van der Waals surface area contributed by atoms with Crippen LogP contribution in [0.4, 0.5) is 0 Å². The molecule has 178 valence electrons. The van der Waals surface area contributed by atoms with Gasteiger partial charge in [-0.25, -0.2) is 4.79 Å². The van der Waals surface area contributed by atoms with Crippen molar-refractivity contribution in [3.05, 3.63) is 113 Å². The zero-order valence-electron chi connectivity index (χ0n) is 19.7. The first kappa shape index (κ1) is 23.0. The largest absolute Gasteiger partial charge is 0.493 e. The number of carbonyl (C=O) groups excluding carboxylic acids is 1. The number of hydrogen-bond donors (Lipinski definition) is 1. The quantitative estimate of drug-likeness (QED) is 0.268. The van der Waals surface area contributed by atoms with Crippen LogP contribution in [0.3, 0.4) is 0 Å². The van der Waals surface area contributed by atoms with Crippen LogP contribution in [0.25, 0.3) is 10.8 Å². The van der Waals surface area contributed by atoms with E-state index in [9.17, 15) is 10.1 Å². The van der Waals surface area contributed by atoms with Crippen LogP contribution in [0.1, 0.15) is 40.7 Å². The van der Waals surface area contributed by atoms with Gasteiger partial charge in [-0.1, -0.05) is 67.6 Å². The molecule has 0 bridgehead atoms. The lowest BCUT2D eigenvalue weighted by Gasteiger charge is -2.27. The molecule has 2 N–H and O–H groups in total. The van der Waals surface area contributed by atoms with Gasteiger partial charge >= 0.3 is 5.97 Å². The first-order chi connectivity index (χ1) is 17.6. The number of nitrogens with two attached hydrogens (primary N) is 1. The first-order valence-corrected chi connectivity index (χ1v) is 11.7. The molecule has 0 aromatic heterocycles. The Bertz CT molecular complexity index is 1530. The van der Waals surface area contributed by atoms with Crippen molar-refractivity contribution < 1.29 is 19.0 Å². The van der Waals surface area contributed by atoms with Gasteiger partial charge in [-0.2, -0.15) is 5.26 Å². The molecular formula is C30H24N2O4. The number of rotatable bonds is 6. The summed E-state index contributed by atoms with van der Waals surface area (Å²) in [5.74, 6) is 0.284. The minimum Gasteiger partial charge on any atom is -0.493 e. The highest BCUT2D eigenvalue weighted by Crippen LogP contribution is 2.45. The Hall–Kier alpha value is -4.76. The molecule has 4 aromatic rings. The third kappa shape index (κ3) is 4.23. The van der Waals surface area contributed by atoms with Crippen molar-refractivity contribution in [2.45, 2.75) is 19.3 Å². The molecule has 0 radical (unpaired) electrons. The van der Waals surface area contributed by atoms with Gasteiger partial charge in [-0.15, -0.1) is 0 Å². The van der Waals surface area contributed by atoms with E-state index in [2.05, 4.69) is 6.07 Å². The van der Waals surface area contributed by atoms with Crippen LogP contribution in [-0.4, -0.2) is 12.6 Å². The van der Waals surface area contributed by atoms with Crippen LogP contribution < -0.4 is 19.9 Å². The van der Waals surface area contributed by atoms with Gasteiger partial charge in [-0.3, -0.25) is 0 Å². The van der Waals surface area contributed by atoms with E-state index in [4.69, 9.17) is 19.9 Å². The molecule has 0 spiro atoms. The van der Waals surface area contributed by atoms with Gasteiger partial charge in [0.15, 0.2) is 0 Å². The zero-order valence-corrected chi connectivity index (χ0v) is 19.7. The van der Waals surface area contributed by atoms with Crippen LogP contribution in [-0.2, 0) is 0 Å². The fourth-order valence-corrected chi connectivity index (χ4v) is 4.46. The lowest BCUT2D eigenvalue weighted by atomic mass is 9.81. The lowest BCUT2D eigenvalue weighted by Crippen LogP contribution is -2.21. The fraction of sp³-hybridized carbons (Fsp3) is 0.133. The number of hydrogen-bond acceptors (Lipinski definition) is 6. The molecule has 5 rings (SSSR count).